The monoisotopic (exact) mass is 243 g/mol. The van der Waals surface area contributed by atoms with Gasteiger partial charge in [0, 0.05) is 17.1 Å². The second-order valence-electron chi connectivity index (χ2n) is 4.57. The molecule has 1 N–H and O–H groups in total. The van der Waals surface area contributed by atoms with E-state index in [2.05, 4.69) is 19.2 Å². The average Bonchev–Trinajstić information content (AvgIpc) is 2.24. The summed E-state index contributed by atoms with van der Waals surface area (Å²) in [7, 11) is 1.91. The number of hydrogen-bond acceptors (Lipinski definition) is 1. The van der Waals surface area contributed by atoms with E-state index in [9.17, 15) is 4.39 Å². The minimum Gasteiger partial charge on any atom is -0.319 e. The zero-order valence-corrected chi connectivity index (χ0v) is 10.9. The van der Waals surface area contributed by atoms with Crippen LogP contribution < -0.4 is 5.32 Å². The molecular formula is C13H19ClFN. The molecule has 0 aliphatic rings. The highest BCUT2D eigenvalue weighted by atomic mass is 35.5. The van der Waals surface area contributed by atoms with E-state index in [1.807, 2.05) is 7.05 Å². The predicted octanol–water partition coefficient (Wildman–Crippen LogP) is 3.66. The molecule has 0 bridgehead atoms. The van der Waals surface area contributed by atoms with Crippen molar-refractivity contribution in [2.75, 3.05) is 13.6 Å². The van der Waals surface area contributed by atoms with Crippen LogP contribution >= 0.6 is 11.6 Å². The number of rotatable bonds is 5. The summed E-state index contributed by atoms with van der Waals surface area (Å²) in [6, 6.07) is 4.86. The Balaban J connectivity index is 2.94. The molecule has 0 fully saturated rings. The minimum atomic E-state index is -0.205. The van der Waals surface area contributed by atoms with E-state index in [0.717, 1.165) is 13.0 Å². The van der Waals surface area contributed by atoms with Gasteiger partial charge in [0.15, 0.2) is 0 Å². The van der Waals surface area contributed by atoms with Crippen molar-refractivity contribution in [3.05, 3.63) is 34.6 Å². The third-order valence-corrected chi connectivity index (χ3v) is 3.48. The highest BCUT2D eigenvalue weighted by Crippen LogP contribution is 2.30. The van der Waals surface area contributed by atoms with Gasteiger partial charge in [0.05, 0.1) is 0 Å². The molecule has 1 aromatic carbocycles. The molecule has 1 unspecified atom stereocenters. The van der Waals surface area contributed by atoms with E-state index in [1.165, 1.54) is 6.07 Å². The van der Waals surface area contributed by atoms with Gasteiger partial charge in [0.1, 0.15) is 5.82 Å². The van der Waals surface area contributed by atoms with Gasteiger partial charge in [-0.05, 0) is 37.4 Å². The molecule has 0 spiro atoms. The fraction of sp³-hybridized carbons (Fsp3) is 0.538. The van der Waals surface area contributed by atoms with Gasteiger partial charge >= 0.3 is 0 Å². The molecule has 0 aliphatic carbocycles. The second kappa shape index (κ2) is 5.65. The molecule has 1 nitrogen and oxygen atoms in total. The molecule has 0 aliphatic heterocycles. The van der Waals surface area contributed by atoms with Gasteiger partial charge in [0.2, 0.25) is 0 Å². The summed E-state index contributed by atoms with van der Waals surface area (Å²) in [6.07, 6.45) is 1.65. The highest BCUT2D eigenvalue weighted by molar-refractivity contribution is 6.31. The van der Waals surface area contributed by atoms with Crippen LogP contribution in [0.25, 0.3) is 0 Å². The van der Waals surface area contributed by atoms with Crippen molar-refractivity contribution in [3.8, 4) is 0 Å². The van der Waals surface area contributed by atoms with Crippen molar-refractivity contribution in [2.24, 2.45) is 5.41 Å². The average molecular weight is 244 g/mol. The number of nitrogens with one attached hydrogen (secondary N) is 1. The largest absolute Gasteiger partial charge is 0.319 e. The summed E-state index contributed by atoms with van der Waals surface area (Å²) >= 11 is 6.03. The van der Waals surface area contributed by atoms with Crippen molar-refractivity contribution in [1.82, 2.24) is 5.32 Å². The Morgan fingerprint density at radius 3 is 2.62 bits per heavy atom. The second-order valence-corrected chi connectivity index (χ2v) is 4.98. The lowest BCUT2D eigenvalue weighted by atomic mass is 9.81. The molecule has 0 radical (unpaired) electrons. The molecule has 0 heterocycles. The Hall–Kier alpha value is -0.600. The first-order valence-electron chi connectivity index (χ1n) is 5.60. The lowest BCUT2D eigenvalue weighted by Gasteiger charge is -2.28. The van der Waals surface area contributed by atoms with Gasteiger partial charge in [-0.15, -0.1) is 0 Å². The first-order valence-corrected chi connectivity index (χ1v) is 5.97. The maximum Gasteiger partial charge on any atom is 0.127 e. The summed E-state index contributed by atoms with van der Waals surface area (Å²) in [5.41, 5.74) is 0.671. The van der Waals surface area contributed by atoms with E-state index in [-0.39, 0.29) is 11.2 Å². The summed E-state index contributed by atoms with van der Waals surface area (Å²) in [5, 5.41) is 3.68. The maximum atomic E-state index is 13.7. The van der Waals surface area contributed by atoms with Crippen LogP contribution in [0.1, 0.15) is 25.8 Å². The van der Waals surface area contributed by atoms with Gasteiger partial charge in [-0.1, -0.05) is 31.5 Å². The molecular weight excluding hydrogens is 225 g/mol. The van der Waals surface area contributed by atoms with E-state index < -0.39 is 0 Å². The van der Waals surface area contributed by atoms with Crippen molar-refractivity contribution in [2.45, 2.75) is 26.7 Å². The number of benzene rings is 1. The van der Waals surface area contributed by atoms with Crippen molar-refractivity contribution < 1.29 is 4.39 Å². The smallest absolute Gasteiger partial charge is 0.127 e. The molecule has 0 saturated heterocycles. The first kappa shape index (κ1) is 13.5. The summed E-state index contributed by atoms with van der Waals surface area (Å²) in [6.45, 7) is 5.12. The SMILES string of the molecule is CCC(C)(CNC)Cc1c(F)cccc1Cl. The number of hydrogen-bond donors (Lipinski definition) is 1. The summed E-state index contributed by atoms with van der Waals surface area (Å²) < 4.78 is 13.7. The molecule has 1 aromatic rings. The number of halogens is 2. The third kappa shape index (κ3) is 3.19. The Labute approximate surface area is 102 Å². The van der Waals surface area contributed by atoms with E-state index in [4.69, 9.17) is 11.6 Å². The van der Waals surface area contributed by atoms with Crippen molar-refractivity contribution in [3.63, 3.8) is 0 Å². The molecule has 16 heavy (non-hydrogen) atoms. The maximum absolute atomic E-state index is 13.7. The molecule has 1 rings (SSSR count). The normalized spacial score (nSPS) is 14.8. The summed E-state index contributed by atoms with van der Waals surface area (Å²) in [5.74, 6) is -0.205. The van der Waals surface area contributed by atoms with Crippen molar-refractivity contribution in [1.29, 1.82) is 0 Å². The quantitative estimate of drug-likeness (QED) is 0.832. The molecule has 90 valence electrons. The minimum absolute atomic E-state index is 0.0422. The van der Waals surface area contributed by atoms with E-state index in [0.29, 0.717) is 17.0 Å². The lowest BCUT2D eigenvalue weighted by molar-refractivity contribution is 0.295. The molecule has 0 saturated carbocycles. The fourth-order valence-corrected chi connectivity index (χ4v) is 2.10. The van der Waals surface area contributed by atoms with Crippen LogP contribution in [0.15, 0.2) is 18.2 Å². The van der Waals surface area contributed by atoms with Gasteiger partial charge < -0.3 is 5.32 Å². The van der Waals surface area contributed by atoms with Gasteiger partial charge in [-0.3, -0.25) is 0 Å². The molecule has 1 atom stereocenters. The Morgan fingerprint density at radius 1 is 1.44 bits per heavy atom. The van der Waals surface area contributed by atoms with Crippen LogP contribution in [-0.2, 0) is 6.42 Å². The van der Waals surface area contributed by atoms with Crippen LogP contribution in [0.3, 0.4) is 0 Å². The van der Waals surface area contributed by atoms with Crippen LogP contribution in [-0.4, -0.2) is 13.6 Å². The van der Waals surface area contributed by atoms with Gasteiger partial charge in [-0.2, -0.15) is 0 Å². The summed E-state index contributed by atoms with van der Waals surface area (Å²) in [4.78, 5) is 0. The highest BCUT2D eigenvalue weighted by Gasteiger charge is 2.24. The zero-order valence-electron chi connectivity index (χ0n) is 10.1. The standard InChI is InChI=1S/C13H19ClFN/c1-4-13(2,9-16-3)8-10-11(14)6-5-7-12(10)15/h5-7,16H,4,8-9H2,1-3H3. The van der Waals surface area contributed by atoms with E-state index in [1.54, 1.807) is 12.1 Å². The lowest BCUT2D eigenvalue weighted by Crippen LogP contribution is -2.31. The van der Waals surface area contributed by atoms with Gasteiger partial charge in [0.25, 0.3) is 0 Å². The zero-order chi connectivity index (χ0) is 12.2. The Morgan fingerprint density at radius 2 is 2.12 bits per heavy atom. The van der Waals surface area contributed by atoms with Crippen LogP contribution in [0.5, 0.6) is 0 Å². The third-order valence-electron chi connectivity index (χ3n) is 3.12. The fourth-order valence-electron chi connectivity index (χ4n) is 1.87. The van der Waals surface area contributed by atoms with Crippen LogP contribution in [0.2, 0.25) is 5.02 Å². The Kier molecular flexibility index (Phi) is 4.75. The van der Waals surface area contributed by atoms with Crippen LogP contribution in [0, 0.1) is 11.2 Å². The molecule has 0 amide bonds. The first-order chi connectivity index (χ1) is 7.52. The topological polar surface area (TPSA) is 12.0 Å². The van der Waals surface area contributed by atoms with Crippen molar-refractivity contribution >= 4 is 11.6 Å². The van der Waals surface area contributed by atoms with Gasteiger partial charge in [-0.25, -0.2) is 4.39 Å². The Bertz CT molecular complexity index is 334. The molecule has 3 heteroatoms. The molecule has 0 aromatic heterocycles. The van der Waals surface area contributed by atoms with E-state index >= 15 is 0 Å². The van der Waals surface area contributed by atoms with Crippen LogP contribution in [0.4, 0.5) is 4.39 Å². The predicted molar refractivity (Wildman–Crippen MR) is 67.4 cm³/mol.